The highest BCUT2D eigenvalue weighted by atomic mass is 35.5. The molecular weight excluding hydrogens is 280 g/mol. The highest BCUT2D eigenvalue weighted by molar-refractivity contribution is 6.29. The fourth-order valence-corrected chi connectivity index (χ4v) is 0.997. The molecule has 0 heterocycles. The van der Waals surface area contributed by atoms with E-state index in [1.807, 2.05) is 0 Å². The summed E-state index contributed by atoms with van der Waals surface area (Å²) in [4.78, 5) is 21.3. The minimum Gasteiger partial charge on any atom is -0.328 e. The molecule has 17 heavy (non-hydrogen) atoms. The van der Waals surface area contributed by atoms with Crippen LogP contribution in [0.25, 0.3) is 0 Å². The van der Waals surface area contributed by atoms with E-state index in [9.17, 15) is 35.9 Å². The van der Waals surface area contributed by atoms with Crippen molar-refractivity contribution in [3.8, 4) is 0 Å². The molecule has 0 aromatic heterocycles. The first kappa shape index (κ1) is 16.0. The van der Waals surface area contributed by atoms with E-state index in [1.54, 1.807) is 0 Å². The molecular formula is C7H6ClF6NO2. The molecule has 1 unspecified atom stereocenters. The zero-order chi connectivity index (χ0) is 14.1. The van der Waals surface area contributed by atoms with Crippen molar-refractivity contribution in [3.05, 3.63) is 0 Å². The Morgan fingerprint density at radius 2 is 1.53 bits per heavy atom. The predicted molar refractivity (Wildman–Crippen MR) is 44.4 cm³/mol. The molecule has 1 atom stereocenters. The highest BCUT2D eigenvalue weighted by Crippen LogP contribution is 2.32. The lowest BCUT2D eigenvalue weighted by Crippen LogP contribution is -2.64. The molecule has 0 aromatic carbocycles. The fraction of sp³-hybridized carbons (Fsp3) is 0.714. The molecule has 0 fully saturated rings. The third-order valence-electron chi connectivity index (χ3n) is 1.87. The highest BCUT2D eigenvalue weighted by Gasteiger charge is 2.59. The van der Waals surface area contributed by atoms with Gasteiger partial charge in [-0.05, 0) is 6.92 Å². The summed E-state index contributed by atoms with van der Waals surface area (Å²) in [6.07, 6.45) is -10.9. The number of hydrogen-bond acceptors (Lipinski definition) is 2. The first-order valence-electron chi connectivity index (χ1n) is 3.91. The summed E-state index contributed by atoms with van der Waals surface area (Å²) < 4.78 is 72.7. The molecule has 0 aliphatic carbocycles. The van der Waals surface area contributed by atoms with Crippen LogP contribution in [0.15, 0.2) is 0 Å². The summed E-state index contributed by atoms with van der Waals surface area (Å²) in [6, 6.07) is 0. The topological polar surface area (TPSA) is 46.2 Å². The third kappa shape index (κ3) is 3.48. The molecule has 10 heteroatoms. The summed E-state index contributed by atoms with van der Waals surface area (Å²) >= 11 is 4.86. The van der Waals surface area contributed by atoms with Gasteiger partial charge in [0.1, 0.15) is 0 Å². The van der Waals surface area contributed by atoms with Gasteiger partial charge >= 0.3 is 18.3 Å². The van der Waals surface area contributed by atoms with Crippen LogP contribution in [0.5, 0.6) is 0 Å². The molecule has 0 rings (SSSR count). The van der Waals surface area contributed by atoms with Crippen LogP contribution in [0.1, 0.15) is 6.92 Å². The molecule has 1 amide bonds. The second-order valence-corrected chi connectivity index (χ2v) is 3.40. The Labute approximate surface area is 96.1 Å². The molecule has 1 N–H and O–H groups in total. The van der Waals surface area contributed by atoms with Crippen molar-refractivity contribution in [1.29, 1.82) is 0 Å². The number of rotatable bonds is 3. The Morgan fingerprint density at radius 1 is 1.12 bits per heavy atom. The average Bonchev–Trinajstić information content (AvgIpc) is 2.12. The van der Waals surface area contributed by atoms with Crippen LogP contribution in [-0.2, 0) is 9.59 Å². The molecule has 100 valence electrons. The lowest BCUT2D eigenvalue weighted by Gasteiger charge is -2.31. The number of ketones is 1. The maximum atomic E-state index is 12.4. The van der Waals surface area contributed by atoms with Gasteiger partial charge in [-0.1, -0.05) is 0 Å². The van der Waals surface area contributed by atoms with Gasteiger partial charge in [0.15, 0.2) is 11.3 Å². The van der Waals surface area contributed by atoms with E-state index in [-0.39, 0.29) is 6.92 Å². The number of carbonyl (C=O) groups excluding carboxylic acids is 2. The molecule has 0 radical (unpaired) electrons. The smallest absolute Gasteiger partial charge is 0.328 e. The molecule has 0 saturated heterocycles. The lowest BCUT2D eigenvalue weighted by atomic mass is 9.96. The van der Waals surface area contributed by atoms with E-state index in [1.165, 1.54) is 0 Å². The van der Waals surface area contributed by atoms with Crippen molar-refractivity contribution < 1.29 is 35.9 Å². The second-order valence-electron chi connectivity index (χ2n) is 3.13. The van der Waals surface area contributed by atoms with Gasteiger partial charge in [-0.2, -0.15) is 26.3 Å². The number of amides is 1. The van der Waals surface area contributed by atoms with Gasteiger partial charge in [-0.15, -0.1) is 11.6 Å². The Bertz CT molecular complexity index is 325. The number of nitrogens with one attached hydrogen (secondary N) is 1. The van der Waals surface area contributed by atoms with Crippen molar-refractivity contribution in [2.45, 2.75) is 24.8 Å². The molecule has 0 bridgehead atoms. The van der Waals surface area contributed by atoms with Crippen LogP contribution in [0, 0.1) is 0 Å². The fourth-order valence-electron chi connectivity index (χ4n) is 0.730. The molecule has 0 saturated carbocycles. The minimum absolute atomic E-state index is 0.112. The third-order valence-corrected chi connectivity index (χ3v) is 2.11. The van der Waals surface area contributed by atoms with Crippen LogP contribution in [0.3, 0.4) is 0 Å². The van der Waals surface area contributed by atoms with Gasteiger partial charge in [-0.3, -0.25) is 9.59 Å². The predicted octanol–water partition coefficient (Wildman–Crippen LogP) is 1.79. The molecule has 0 spiro atoms. The maximum Gasteiger partial charge on any atom is 0.471 e. The summed E-state index contributed by atoms with van der Waals surface area (Å²) in [7, 11) is 0. The zero-order valence-electron chi connectivity index (χ0n) is 8.17. The van der Waals surface area contributed by atoms with Gasteiger partial charge in [0.05, 0.1) is 5.88 Å². The van der Waals surface area contributed by atoms with Gasteiger partial charge in [0.2, 0.25) is 0 Å². The van der Waals surface area contributed by atoms with Gasteiger partial charge in [0, 0.05) is 0 Å². The van der Waals surface area contributed by atoms with Crippen LogP contribution in [0.2, 0.25) is 0 Å². The van der Waals surface area contributed by atoms with Gasteiger partial charge in [0.25, 0.3) is 0 Å². The van der Waals surface area contributed by atoms with E-state index in [0.29, 0.717) is 5.32 Å². The van der Waals surface area contributed by atoms with E-state index in [2.05, 4.69) is 0 Å². The number of halogens is 7. The zero-order valence-corrected chi connectivity index (χ0v) is 8.93. The van der Waals surface area contributed by atoms with E-state index in [4.69, 9.17) is 11.6 Å². The van der Waals surface area contributed by atoms with Crippen molar-refractivity contribution >= 4 is 23.3 Å². The average molecular weight is 286 g/mol. The van der Waals surface area contributed by atoms with Crippen molar-refractivity contribution in [2.75, 3.05) is 5.88 Å². The minimum atomic E-state index is -5.53. The van der Waals surface area contributed by atoms with Crippen LogP contribution >= 0.6 is 11.6 Å². The van der Waals surface area contributed by atoms with Crippen LogP contribution in [0.4, 0.5) is 26.3 Å². The Morgan fingerprint density at radius 3 is 1.76 bits per heavy atom. The van der Waals surface area contributed by atoms with Crippen molar-refractivity contribution in [3.63, 3.8) is 0 Å². The maximum absolute atomic E-state index is 12.4. The number of alkyl halides is 7. The van der Waals surface area contributed by atoms with E-state index >= 15 is 0 Å². The molecule has 0 aliphatic heterocycles. The van der Waals surface area contributed by atoms with Crippen LogP contribution in [-0.4, -0.2) is 35.5 Å². The monoisotopic (exact) mass is 285 g/mol. The first-order chi connectivity index (χ1) is 7.36. The quantitative estimate of drug-likeness (QED) is 0.635. The van der Waals surface area contributed by atoms with Crippen LogP contribution < -0.4 is 5.32 Å². The van der Waals surface area contributed by atoms with Gasteiger partial charge < -0.3 is 5.32 Å². The number of Topliss-reactive ketones (excluding diaryl/α,β-unsaturated/α-hetero) is 1. The largest absolute Gasteiger partial charge is 0.471 e. The summed E-state index contributed by atoms with van der Waals surface area (Å²) in [5.74, 6) is -5.84. The Hall–Kier alpha value is -0.990. The number of hydrogen-bond donors (Lipinski definition) is 1. The van der Waals surface area contributed by atoms with Gasteiger partial charge in [-0.25, -0.2) is 0 Å². The first-order valence-corrected chi connectivity index (χ1v) is 4.45. The SMILES string of the molecule is CC(NC(=O)C(F)(F)F)(C(=O)CCl)C(F)(F)F. The van der Waals surface area contributed by atoms with Crippen molar-refractivity contribution in [2.24, 2.45) is 0 Å². The lowest BCUT2D eigenvalue weighted by molar-refractivity contribution is -0.205. The standard InChI is InChI=1S/C7H6ClF6NO2/c1-5(3(16)2-8,7(12,13)14)15-4(17)6(9,10)11/h2H2,1H3,(H,15,17). The Kier molecular flexibility index (Phi) is 4.44. The number of carbonyl (C=O) groups is 2. The normalized spacial score (nSPS) is 16.2. The van der Waals surface area contributed by atoms with E-state index in [0.717, 1.165) is 0 Å². The molecule has 3 nitrogen and oxygen atoms in total. The summed E-state index contributed by atoms with van der Waals surface area (Å²) in [6.45, 7) is 0.112. The molecule has 0 aliphatic rings. The Balaban J connectivity index is 5.26. The second kappa shape index (κ2) is 4.71. The van der Waals surface area contributed by atoms with Crippen molar-refractivity contribution in [1.82, 2.24) is 5.32 Å². The summed E-state index contributed by atoms with van der Waals surface area (Å²) in [5, 5.41) is 0.601. The molecule has 0 aromatic rings. The van der Waals surface area contributed by atoms with E-state index < -0.39 is 35.5 Å². The summed E-state index contributed by atoms with van der Waals surface area (Å²) in [5.41, 5.74) is -3.67.